The average Bonchev–Trinajstić information content (AvgIpc) is 2.22. The number of carboxylic acids is 1. The van der Waals surface area contributed by atoms with Crippen molar-refractivity contribution in [2.24, 2.45) is 11.5 Å². The maximum atomic E-state index is 11.4. The van der Waals surface area contributed by atoms with E-state index in [1.807, 2.05) is 0 Å². The molecule has 98 valence electrons. The molecule has 6 N–H and O–H groups in total. The molecule has 0 spiro atoms. The van der Waals surface area contributed by atoms with Crippen LogP contribution in [-0.4, -0.2) is 35.5 Å². The summed E-state index contributed by atoms with van der Waals surface area (Å²) in [7, 11) is 0. The number of carboxylic acid groups (broad SMARTS) is 1. The molecule has 0 rings (SSSR count). The number of hydrogen-bond donors (Lipinski definition) is 4. The van der Waals surface area contributed by atoms with Crippen molar-refractivity contribution in [3.63, 3.8) is 0 Å². The van der Waals surface area contributed by atoms with Crippen molar-refractivity contribution < 1.29 is 19.5 Å². The van der Waals surface area contributed by atoms with E-state index in [1.54, 1.807) is 0 Å². The molecule has 0 aliphatic heterocycles. The lowest BCUT2D eigenvalue weighted by atomic mass is 10.1. The Bertz CT molecular complexity index is 281. The van der Waals surface area contributed by atoms with Gasteiger partial charge in [0.1, 0.15) is 6.04 Å². The summed E-state index contributed by atoms with van der Waals surface area (Å²) in [5.74, 6) is -2.40. The summed E-state index contributed by atoms with van der Waals surface area (Å²) in [6.07, 6.45) is 2.06. The van der Waals surface area contributed by atoms with Gasteiger partial charge in [-0.25, -0.2) is 0 Å². The zero-order valence-electron chi connectivity index (χ0n) is 9.65. The summed E-state index contributed by atoms with van der Waals surface area (Å²) in [6.45, 7) is 0.574. The first kappa shape index (κ1) is 15.4. The van der Waals surface area contributed by atoms with Crippen LogP contribution in [0.1, 0.15) is 32.1 Å². The topological polar surface area (TPSA) is 136 Å². The molecule has 17 heavy (non-hydrogen) atoms. The number of carbonyl (C=O) groups excluding carboxylic acids is 2. The van der Waals surface area contributed by atoms with E-state index < -0.39 is 24.3 Å². The monoisotopic (exact) mass is 245 g/mol. The van der Waals surface area contributed by atoms with E-state index in [-0.39, 0.29) is 12.3 Å². The number of rotatable bonds is 9. The third kappa shape index (κ3) is 8.21. The minimum atomic E-state index is -1.18. The van der Waals surface area contributed by atoms with Crippen molar-refractivity contribution in [3.8, 4) is 0 Å². The SMILES string of the molecule is NCCCCCC(=O)N[C@@H](CC(=O)O)C(N)=O. The normalized spacial score (nSPS) is 11.8. The molecule has 7 heteroatoms. The number of nitrogens with two attached hydrogens (primary N) is 2. The van der Waals surface area contributed by atoms with Crippen LogP contribution >= 0.6 is 0 Å². The summed E-state index contributed by atoms with van der Waals surface area (Å²) in [5, 5.41) is 10.8. The third-order valence-electron chi connectivity index (χ3n) is 2.17. The summed E-state index contributed by atoms with van der Waals surface area (Å²) >= 11 is 0. The van der Waals surface area contributed by atoms with Crippen molar-refractivity contribution in [3.05, 3.63) is 0 Å². The number of nitrogens with one attached hydrogen (secondary N) is 1. The molecule has 1 atom stereocenters. The molecule has 0 aromatic rings. The van der Waals surface area contributed by atoms with Crippen molar-refractivity contribution in [2.75, 3.05) is 6.54 Å². The van der Waals surface area contributed by atoms with Gasteiger partial charge in [0.05, 0.1) is 6.42 Å². The Balaban J connectivity index is 3.96. The summed E-state index contributed by atoms with van der Waals surface area (Å²) in [6, 6.07) is -1.14. The van der Waals surface area contributed by atoms with Gasteiger partial charge in [0, 0.05) is 6.42 Å². The molecule has 0 saturated heterocycles. The van der Waals surface area contributed by atoms with E-state index in [0.717, 1.165) is 12.8 Å². The first-order valence-corrected chi connectivity index (χ1v) is 5.48. The fraction of sp³-hybridized carbons (Fsp3) is 0.700. The molecule has 0 bridgehead atoms. The predicted molar refractivity (Wildman–Crippen MR) is 60.9 cm³/mol. The van der Waals surface area contributed by atoms with E-state index in [2.05, 4.69) is 5.32 Å². The number of unbranched alkanes of at least 4 members (excludes halogenated alkanes) is 2. The number of amides is 2. The molecule has 0 aliphatic carbocycles. The average molecular weight is 245 g/mol. The van der Waals surface area contributed by atoms with Crippen molar-refractivity contribution in [1.82, 2.24) is 5.32 Å². The lowest BCUT2D eigenvalue weighted by molar-refractivity contribution is -0.140. The van der Waals surface area contributed by atoms with Crippen LogP contribution in [-0.2, 0) is 14.4 Å². The molecule has 0 radical (unpaired) electrons. The summed E-state index contributed by atoms with van der Waals surface area (Å²) in [4.78, 5) is 32.7. The zero-order chi connectivity index (χ0) is 13.3. The molecule has 0 saturated carbocycles. The lowest BCUT2D eigenvalue weighted by Gasteiger charge is -2.13. The van der Waals surface area contributed by atoms with Gasteiger partial charge in [-0.05, 0) is 19.4 Å². The minimum absolute atomic E-state index is 0.239. The van der Waals surface area contributed by atoms with Crippen LogP contribution < -0.4 is 16.8 Å². The zero-order valence-corrected chi connectivity index (χ0v) is 9.65. The van der Waals surface area contributed by atoms with Gasteiger partial charge in [-0.15, -0.1) is 0 Å². The largest absolute Gasteiger partial charge is 0.481 e. The number of primary amides is 1. The van der Waals surface area contributed by atoms with Gasteiger partial charge in [-0.3, -0.25) is 14.4 Å². The molecule has 0 aromatic carbocycles. The first-order chi connectivity index (χ1) is 7.97. The Kier molecular flexibility index (Phi) is 7.70. The molecule has 0 aliphatic rings. The van der Waals surface area contributed by atoms with Crippen molar-refractivity contribution in [2.45, 2.75) is 38.1 Å². The van der Waals surface area contributed by atoms with E-state index in [4.69, 9.17) is 16.6 Å². The quantitative estimate of drug-likeness (QED) is 0.384. The van der Waals surface area contributed by atoms with Crippen molar-refractivity contribution >= 4 is 17.8 Å². The molecular formula is C10H19N3O4. The molecule has 0 fully saturated rings. The van der Waals surface area contributed by atoms with Crippen LogP contribution in [0.25, 0.3) is 0 Å². The fourth-order valence-corrected chi connectivity index (χ4v) is 1.27. The highest BCUT2D eigenvalue weighted by Crippen LogP contribution is 2.00. The van der Waals surface area contributed by atoms with Gasteiger partial charge in [-0.1, -0.05) is 6.42 Å². The van der Waals surface area contributed by atoms with Gasteiger partial charge < -0.3 is 21.9 Å². The van der Waals surface area contributed by atoms with Gasteiger partial charge in [0.25, 0.3) is 0 Å². The smallest absolute Gasteiger partial charge is 0.305 e. The van der Waals surface area contributed by atoms with Crippen LogP contribution in [0.2, 0.25) is 0 Å². The summed E-state index contributed by atoms with van der Waals surface area (Å²) < 4.78 is 0. The number of hydrogen-bond acceptors (Lipinski definition) is 4. The Morgan fingerprint density at radius 3 is 2.29 bits per heavy atom. The van der Waals surface area contributed by atoms with Gasteiger partial charge in [-0.2, -0.15) is 0 Å². The number of carbonyl (C=O) groups is 3. The maximum Gasteiger partial charge on any atom is 0.305 e. The molecule has 2 amide bonds. The van der Waals surface area contributed by atoms with E-state index in [1.165, 1.54) is 0 Å². The van der Waals surface area contributed by atoms with Gasteiger partial charge in [0.2, 0.25) is 11.8 Å². The van der Waals surface area contributed by atoms with Crippen molar-refractivity contribution in [1.29, 1.82) is 0 Å². The maximum absolute atomic E-state index is 11.4. The molecule has 0 unspecified atom stereocenters. The van der Waals surface area contributed by atoms with Gasteiger partial charge in [0.15, 0.2) is 0 Å². The highest BCUT2D eigenvalue weighted by Gasteiger charge is 2.20. The van der Waals surface area contributed by atoms with Crippen LogP contribution in [0.15, 0.2) is 0 Å². The standard InChI is InChI=1S/C10H19N3O4/c11-5-3-1-2-4-8(14)13-7(10(12)17)6-9(15)16/h7H,1-6,11H2,(H2,12,17)(H,13,14)(H,15,16)/t7-/m0/s1. The predicted octanol–water partition coefficient (Wildman–Crippen LogP) is -1.05. The van der Waals surface area contributed by atoms with Crippen LogP contribution in [0.4, 0.5) is 0 Å². The summed E-state index contributed by atoms with van der Waals surface area (Å²) in [5.41, 5.74) is 10.3. The highest BCUT2D eigenvalue weighted by molar-refractivity contribution is 5.89. The molecule has 0 aromatic heterocycles. The Morgan fingerprint density at radius 1 is 1.18 bits per heavy atom. The van der Waals surface area contributed by atoms with Gasteiger partial charge >= 0.3 is 5.97 Å². The second-order valence-corrected chi connectivity index (χ2v) is 3.72. The van der Waals surface area contributed by atoms with E-state index >= 15 is 0 Å². The third-order valence-corrected chi connectivity index (χ3v) is 2.17. The Labute approximate surface area is 99.5 Å². The molecule has 0 heterocycles. The van der Waals surface area contributed by atoms with Crippen LogP contribution in [0.3, 0.4) is 0 Å². The van der Waals surface area contributed by atoms with Crippen LogP contribution in [0.5, 0.6) is 0 Å². The second kappa shape index (κ2) is 8.51. The van der Waals surface area contributed by atoms with E-state index in [9.17, 15) is 14.4 Å². The lowest BCUT2D eigenvalue weighted by Crippen LogP contribution is -2.45. The fourth-order valence-electron chi connectivity index (χ4n) is 1.27. The highest BCUT2D eigenvalue weighted by atomic mass is 16.4. The van der Waals surface area contributed by atoms with E-state index in [0.29, 0.717) is 13.0 Å². The Morgan fingerprint density at radius 2 is 1.82 bits per heavy atom. The Hall–Kier alpha value is -1.63. The molecular weight excluding hydrogens is 226 g/mol. The molecule has 7 nitrogen and oxygen atoms in total. The first-order valence-electron chi connectivity index (χ1n) is 5.48. The minimum Gasteiger partial charge on any atom is -0.481 e. The number of aliphatic carboxylic acids is 1. The second-order valence-electron chi connectivity index (χ2n) is 3.72. The van der Waals surface area contributed by atoms with Crippen LogP contribution in [0, 0.1) is 0 Å².